The van der Waals surface area contributed by atoms with Gasteiger partial charge >= 0.3 is 0 Å². The molecular formula is C29H20O4. The van der Waals surface area contributed by atoms with Gasteiger partial charge in [0.2, 0.25) is 11.2 Å². The second-order valence-electron chi connectivity index (χ2n) is 7.61. The molecule has 0 aliphatic carbocycles. The van der Waals surface area contributed by atoms with Gasteiger partial charge in [-0.25, -0.2) is 0 Å². The molecule has 0 bridgehead atoms. The topological polar surface area (TPSA) is 56.5 Å². The van der Waals surface area contributed by atoms with Crippen LogP contribution in [0.4, 0.5) is 0 Å². The van der Waals surface area contributed by atoms with Gasteiger partial charge in [-0.1, -0.05) is 97.1 Å². The first kappa shape index (κ1) is 20.5. The Kier molecular flexibility index (Phi) is 5.56. The van der Waals surface area contributed by atoms with Gasteiger partial charge in [-0.05, 0) is 23.3 Å². The van der Waals surface area contributed by atoms with Gasteiger partial charge in [-0.15, -0.1) is 0 Å². The number of rotatable bonds is 6. The maximum atomic E-state index is 13.2. The predicted octanol–water partition coefficient (Wildman–Crippen LogP) is 6.39. The lowest BCUT2D eigenvalue weighted by molar-refractivity contribution is 0.0920. The predicted molar refractivity (Wildman–Crippen MR) is 130 cm³/mol. The molecule has 4 heteroatoms. The van der Waals surface area contributed by atoms with E-state index in [1.807, 2.05) is 78.9 Å². The van der Waals surface area contributed by atoms with E-state index < -0.39 is 0 Å². The SMILES string of the molecule is O=C(COc1c(-c2ccccc2)oc2ccccc2c1=O)c1ccc(-c2ccccc2)cc1. The van der Waals surface area contributed by atoms with Crippen molar-refractivity contribution in [1.29, 1.82) is 0 Å². The fourth-order valence-corrected chi connectivity index (χ4v) is 3.74. The Hall–Kier alpha value is -4.44. The van der Waals surface area contributed by atoms with Crippen LogP contribution in [-0.2, 0) is 0 Å². The molecule has 0 aliphatic heterocycles. The average molecular weight is 432 g/mol. The van der Waals surface area contributed by atoms with Crippen LogP contribution in [0.15, 0.2) is 118 Å². The second kappa shape index (κ2) is 8.97. The Balaban J connectivity index is 1.44. The summed E-state index contributed by atoms with van der Waals surface area (Å²) in [6.45, 7) is -0.270. The molecule has 0 aliphatic rings. The lowest BCUT2D eigenvalue weighted by Gasteiger charge is -2.11. The number of ether oxygens (including phenoxy) is 1. The van der Waals surface area contributed by atoms with Crippen LogP contribution in [0.25, 0.3) is 33.4 Å². The van der Waals surface area contributed by atoms with Crippen LogP contribution in [0.1, 0.15) is 10.4 Å². The van der Waals surface area contributed by atoms with Crippen molar-refractivity contribution >= 4 is 16.8 Å². The Bertz CT molecular complexity index is 1470. The zero-order valence-electron chi connectivity index (χ0n) is 17.7. The number of Topliss-reactive ketones (excluding diaryl/α,β-unsaturated/α-hetero) is 1. The Morgan fingerprint density at radius 1 is 0.667 bits per heavy atom. The maximum absolute atomic E-state index is 13.2. The second-order valence-corrected chi connectivity index (χ2v) is 7.61. The van der Waals surface area contributed by atoms with E-state index in [2.05, 4.69) is 0 Å². The minimum atomic E-state index is -0.303. The minimum absolute atomic E-state index is 0.0363. The monoisotopic (exact) mass is 432 g/mol. The summed E-state index contributed by atoms with van der Waals surface area (Å²) in [4.78, 5) is 26.0. The summed E-state index contributed by atoms with van der Waals surface area (Å²) in [6.07, 6.45) is 0. The van der Waals surface area contributed by atoms with Crippen LogP contribution in [-0.4, -0.2) is 12.4 Å². The third-order valence-corrected chi connectivity index (χ3v) is 5.45. The standard InChI is InChI=1S/C29H20O4/c30-25(22-17-15-21(16-18-22)20-9-3-1-4-10-20)19-32-29-27(31)24-13-7-8-14-26(24)33-28(29)23-11-5-2-6-12-23/h1-18H,19H2. The van der Waals surface area contributed by atoms with Gasteiger partial charge < -0.3 is 9.15 Å². The smallest absolute Gasteiger partial charge is 0.235 e. The highest BCUT2D eigenvalue weighted by Crippen LogP contribution is 2.30. The van der Waals surface area contributed by atoms with Crippen LogP contribution in [0.3, 0.4) is 0 Å². The molecule has 5 rings (SSSR count). The maximum Gasteiger partial charge on any atom is 0.235 e. The Labute approximate surface area is 190 Å². The molecule has 0 fully saturated rings. The molecule has 0 N–H and O–H groups in total. The lowest BCUT2D eigenvalue weighted by atomic mass is 10.0. The van der Waals surface area contributed by atoms with E-state index in [1.165, 1.54) is 0 Å². The molecule has 4 nitrogen and oxygen atoms in total. The first-order valence-electron chi connectivity index (χ1n) is 10.6. The molecule has 0 atom stereocenters. The van der Waals surface area contributed by atoms with Crippen molar-refractivity contribution in [3.8, 4) is 28.2 Å². The van der Waals surface area contributed by atoms with E-state index >= 15 is 0 Å². The Morgan fingerprint density at radius 2 is 1.24 bits per heavy atom. The zero-order valence-corrected chi connectivity index (χ0v) is 17.7. The highest BCUT2D eigenvalue weighted by molar-refractivity contribution is 5.97. The summed E-state index contributed by atoms with van der Waals surface area (Å²) < 4.78 is 11.8. The van der Waals surface area contributed by atoms with Gasteiger partial charge in [0.05, 0.1) is 5.39 Å². The molecule has 0 saturated heterocycles. The largest absolute Gasteiger partial charge is 0.478 e. The molecular weight excluding hydrogens is 412 g/mol. The van der Waals surface area contributed by atoms with Crippen molar-refractivity contribution in [2.45, 2.75) is 0 Å². The summed E-state index contributed by atoms with van der Waals surface area (Å²) in [5.74, 6) is 0.127. The van der Waals surface area contributed by atoms with E-state index in [-0.39, 0.29) is 23.6 Å². The van der Waals surface area contributed by atoms with Gasteiger partial charge in [-0.3, -0.25) is 9.59 Å². The van der Waals surface area contributed by atoms with Crippen molar-refractivity contribution in [1.82, 2.24) is 0 Å². The first-order valence-corrected chi connectivity index (χ1v) is 10.6. The summed E-state index contributed by atoms with van der Waals surface area (Å²) in [5, 5.41) is 0.409. The van der Waals surface area contributed by atoms with Crippen LogP contribution >= 0.6 is 0 Å². The van der Waals surface area contributed by atoms with Crippen LogP contribution in [0, 0.1) is 0 Å². The van der Waals surface area contributed by atoms with Crippen molar-refractivity contribution in [2.24, 2.45) is 0 Å². The third kappa shape index (κ3) is 4.19. The molecule has 1 aromatic heterocycles. The van der Waals surface area contributed by atoms with E-state index in [0.717, 1.165) is 11.1 Å². The number of benzene rings is 4. The molecule has 5 aromatic rings. The number of fused-ring (bicyclic) bond motifs is 1. The number of carbonyl (C=O) groups excluding carboxylic acids is 1. The molecule has 4 aromatic carbocycles. The van der Waals surface area contributed by atoms with Crippen LogP contribution < -0.4 is 10.2 Å². The van der Waals surface area contributed by atoms with Gasteiger partial charge in [-0.2, -0.15) is 0 Å². The normalized spacial score (nSPS) is 10.8. The molecule has 1 heterocycles. The lowest BCUT2D eigenvalue weighted by Crippen LogP contribution is -2.17. The van der Waals surface area contributed by atoms with Crippen LogP contribution in [0.2, 0.25) is 0 Å². The Morgan fingerprint density at radius 3 is 1.94 bits per heavy atom. The quantitative estimate of drug-likeness (QED) is 0.292. The van der Waals surface area contributed by atoms with E-state index in [4.69, 9.17) is 9.15 Å². The summed E-state index contributed by atoms with van der Waals surface area (Å²) in [7, 11) is 0. The molecule has 0 radical (unpaired) electrons. The molecule has 160 valence electrons. The molecule has 0 unspecified atom stereocenters. The van der Waals surface area contributed by atoms with E-state index in [0.29, 0.717) is 27.9 Å². The molecule has 0 amide bonds. The summed E-state index contributed by atoms with van der Waals surface area (Å²) in [6, 6.07) is 33.6. The van der Waals surface area contributed by atoms with Crippen molar-refractivity contribution < 1.29 is 13.9 Å². The summed E-state index contributed by atoms with van der Waals surface area (Å²) >= 11 is 0. The third-order valence-electron chi connectivity index (χ3n) is 5.45. The number of carbonyl (C=O) groups is 1. The van der Waals surface area contributed by atoms with Gasteiger partial charge in [0.15, 0.2) is 18.2 Å². The molecule has 0 saturated carbocycles. The van der Waals surface area contributed by atoms with Gasteiger partial charge in [0, 0.05) is 11.1 Å². The number of hydrogen-bond donors (Lipinski definition) is 0. The van der Waals surface area contributed by atoms with Crippen molar-refractivity contribution in [3.05, 3.63) is 125 Å². The fourth-order valence-electron chi connectivity index (χ4n) is 3.74. The van der Waals surface area contributed by atoms with Crippen molar-refractivity contribution in [3.63, 3.8) is 0 Å². The number of hydrogen-bond acceptors (Lipinski definition) is 4. The number of ketones is 1. The highest BCUT2D eigenvalue weighted by Gasteiger charge is 2.19. The zero-order chi connectivity index (χ0) is 22.6. The average Bonchev–Trinajstić information content (AvgIpc) is 2.89. The summed E-state index contributed by atoms with van der Waals surface area (Å²) in [5.41, 5.74) is 3.49. The molecule has 33 heavy (non-hydrogen) atoms. The van der Waals surface area contributed by atoms with E-state index in [1.54, 1.807) is 30.3 Å². The molecule has 0 spiro atoms. The van der Waals surface area contributed by atoms with E-state index in [9.17, 15) is 9.59 Å². The van der Waals surface area contributed by atoms with Crippen LogP contribution in [0.5, 0.6) is 5.75 Å². The highest BCUT2D eigenvalue weighted by atomic mass is 16.5. The van der Waals surface area contributed by atoms with Gasteiger partial charge in [0.1, 0.15) is 5.58 Å². The number of para-hydroxylation sites is 1. The van der Waals surface area contributed by atoms with Gasteiger partial charge in [0.25, 0.3) is 0 Å². The first-order chi connectivity index (χ1) is 16.2. The van der Waals surface area contributed by atoms with Crippen molar-refractivity contribution in [2.75, 3.05) is 6.61 Å². The fraction of sp³-hybridized carbons (Fsp3) is 0.0345. The minimum Gasteiger partial charge on any atom is -0.478 e.